The number of rotatable bonds is 11. The summed E-state index contributed by atoms with van der Waals surface area (Å²) in [4.78, 5) is 11.2. The van der Waals surface area contributed by atoms with Crippen molar-refractivity contribution in [1.82, 2.24) is 15.5 Å². The Morgan fingerprint density at radius 1 is 1.05 bits per heavy atom. The van der Waals surface area contributed by atoms with Crippen molar-refractivity contribution in [2.75, 3.05) is 13.7 Å². The predicted molar refractivity (Wildman–Crippen MR) is 153 cm³/mol. The van der Waals surface area contributed by atoms with Gasteiger partial charge in [0.2, 0.25) is 5.91 Å². The SMILES string of the molecule is CNC(=O)/C=C/CCCCOc1ccc(/C(=C(/CC(F)(F)F)c2ccc(F)cc2Cl)c2ccc3[nH]ncc3c2)cc1. The Hall–Kier alpha value is -4.11. The summed E-state index contributed by atoms with van der Waals surface area (Å²) in [6, 6.07) is 15.4. The normalized spacial score (nSPS) is 12.5. The first kappa shape index (κ1) is 29.9. The predicted octanol–water partition coefficient (Wildman–Crippen LogP) is 8.12. The van der Waals surface area contributed by atoms with E-state index in [0.29, 0.717) is 29.1 Å². The largest absolute Gasteiger partial charge is 0.494 e. The number of aromatic nitrogens is 2. The number of ether oxygens (including phenoxy) is 1. The number of unbranched alkanes of at least 4 members (excludes halogenated alkanes) is 2. The van der Waals surface area contributed by atoms with E-state index in [4.69, 9.17) is 16.3 Å². The van der Waals surface area contributed by atoms with Gasteiger partial charge >= 0.3 is 6.18 Å². The second-order valence-electron chi connectivity index (χ2n) is 9.33. The van der Waals surface area contributed by atoms with Crippen molar-refractivity contribution in [2.45, 2.75) is 31.9 Å². The smallest absolute Gasteiger partial charge is 0.393 e. The summed E-state index contributed by atoms with van der Waals surface area (Å²) in [6.45, 7) is 0.442. The molecule has 41 heavy (non-hydrogen) atoms. The number of hydrogen-bond acceptors (Lipinski definition) is 3. The third-order valence-electron chi connectivity index (χ3n) is 6.36. The van der Waals surface area contributed by atoms with E-state index in [2.05, 4.69) is 15.5 Å². The molecule has 0 saturated heterocycles. The zero-order valence-electron chi connectivity index (χ0n) is 22.2. The van der Waals surface area contributed by atoms with E-state index in [9.17, 15) is 22.4 Å². The molecule has 0 aliphatic heterocycles. The molecule has 0 spiro atoms. The first-order chi connectivity index (χ1) is 19.6. The number of benzene rings is 3. The number of hydrogen-bond donors (Lipinski definition) is 2. The fourth-order valence-corrected chi connectivity index (χ4v) is 4.69. The Kier molecular flexibility index (Phi) is 9.83. The van der Waals surface area contributed by atoms with Crippen LogP contribution in [0.5, 0.6) is 5.75 Å². The van der Waals surface area contributed by atoms with E-state index in [0.717, 1.165) is 42.3 Å². The molecule has 0 radical (unpaired) electrons. The number of alkyl halides is 3. The topological polar surface area (TPSA) is 67.0 Å². The van der Waals surface area contributed by atoms with Crippen LogP contribution >= 0.6 is 11.6 Å². The van der Waals surface area contributed by atoms with Crippen molar-refractivity contribution in [3.05, 3.63) is 107 Å². The van der Waals surface area contributed by atoms with Crippen LogP contribution in [0.25, 0.3) is 22.0 Å². The summed E-state index contributed by atoms with van der Waals surface area (Å²) in [6.07, 6.45) is 1.37. The number of carbonyl (C=O) groups excluding carboxylic acids is 1. The van der Waals surface area contributed by atoms with Crippen molar-refractivity contribution in [3.8, 4) is 5.75 Å². The van der Waals surface area contributed by atoms with Crippen LogP contribution in [0, 0.1) is 5.82 Å². The van der Waals surface area contributed by atoms with Crippen LogP contribution in [0.4, 0.5) is 17.6 Å². The minimum absolute atomic E-state index is 0.0798. The standard InChI is InChI=1S/C31H28ClF4N3O2/c1-37-29(40)6-4-2-3-5-15-41-24-11-7-20(8-12-24)30(21-9-14-28-22(16-21)19-38-39-28)26(18-31(34,35)36)25-13-10-23(33)17-27(25)32/h4,6-14,16-17,19H,2-3,5,15,18H2,1H3,(H,37,40)(H,38,39)/b6-4+,30-26+. The minimum atomic E-state index is -4.56. The van der Waals surface area contributed by atoms with Gasteiger partial charge in [0, 0.05) is 12.4 Å². The second-order valence-corrected chi connectivity index (χ2v) is 9.73. The molecule has 2 N–H and O–H groups in total. The molecule has 0 bridgehead atoms. The number of nitrogens with zero attached hydrogens (tertiary/aromatic N) is 1. The average molecular weight is 586 g/mol. The summed E-state index contributed by atoms with van der Waals surface area (Å²) in [5.41, 5.74) is 2.10. The molecule has 1 aromatic heterocycles. The lowest BCUT2D eigenvalue weighted by molar-refractivity contribution is -0.123. The van der Waals surface area contributed by atoms with Crippen LogP contribution in [-0.4, -0.2) is 35.9 Å². The molecule has 214 valence electrons. The molecule has 0 aliphatic carbocycles. The fraction of sp³-hybridized carbons (Fsp3) is 0.226. The highest BCUT2D eigenvalue weighted by atomic mass is 35.5. The Labute approximate surface area is 239 Å². The van der Waals surface area contributed by atoms with Gasteiger partial charge in [0.25, 0.3) is 0 Å². The Bertz CT molecular complexity index is 1560. The van der Waals surface area contributed by atoms with E-state index in [1.54, 1.807) is 61.8 Å². The van der Waals surface area contributed by atoms with Crippen LogP contribution in [0.3, 0.4) is 0 Å². The van der Waals surface area contributed by atoms with Crippen molar-refractivity contribution in [2.24, 2.45) is 0 Å². The van der Waals surface area contributed by atoms with Gasteiger partial charge in [0.05, 0.1) is 29.8 Å². The molecule has 0 unspecified atom stereocenters. The first-order valence-corrected chi connectivity index (χ1v) is 13.3. The van der Waals surface area contributed by atoms with Gasteiger partial charge < -0.3 is 10.1 Å². The third-order valence-corrected chi connectivity index (χ3v) is 6.67. The summed E-state index contributed by atoms with van der Waals surface area (Å²) >= 11 is 6.30. The molecule has 10 heteroatoms. The van der Waals surface area contributed by atoms with Gasteiger partial charge in [-0.25, -0.2) is 4.39 Å². The van der Waals surface area contributed by atoms with E-state index in [1.807, 2.05) is 0 Å². The molecule has 4 aromatic rings. The molecule has 1 heterocycles. The second kappa shape index (κ2) is 13.5. The molecule has 1 amide bonds. The van der Waals surface area contributed by atoms with Gasteiger partial charge in [-0.15, -0.1) is 0 Å². The van der Waals surface area contributed by atoms with Gasteiger partial charge in [0.15, 0.2) is 0 Å². The van der Waals surface area contributed by atoms with E-state index < -0.39 is 18.4 Å². The molecule has 5 nitrogen and oxygen atoms in total. The zero-order valence-corrected chi connectivity index (χ0v) is 23.0. The van der Waals surface area contributed by atoms with E-state index in [-0.39, 0.29) is 22.1 Å². The maximum Gasteiger partial charge on any atom is 0.393 e. The van der Waals surface area contributed by atoms with Crippen LogP contribution in [0.15, 0.2) is 79.0 Å². The highest BCUT2D eigenvalue weighted by Gasteiger charge is 2.32. The lowest BCUT2D eigenvalue weighted by atomic mass is 9.87. The van der Waals surface area contributed by atoms with Gasteiger partial charge in [-0.05, 0) is 89.6 Å². The molecular weight excluding hydrogens is 558 g/mol. The van der Waals surface area contributed by atoms with Crippen molar-refractivity contribution in [3.63, 3.8) is 0 Å². The van der Waals surface area contributed by atoms with Crippen molar-refractivity contribution in [1.29, 1.82) is 0 Å². The maximum atomic E-state index is 14.0. The molecule has 4 rings (SSSR count). The number of likely N-dealkylation sites (N-methyl/N-ethyl adjacent to an activating group) is 1. The Balaban J connectivity index is 1.67. The molecular formula is C31H28ClF4N3O2. The number of allylic oxidation sites excluding steroid dienone is 2. The summed E-state index contributed by atoms with van der Waals surface area (Å²) < 4.78 is 61.6. The average Bonchev–Trinajstić information content (AvgIpc) is 3.40. The molecule has 0 atom stereocenters. The zero-order chi connectivity index (χ0) is 29.4. The van der Waals surface area contributed by atoms with E-state index >= 15 is 0 Å². The number of aromatic amines is 1. The summed E-state index contributed by atoms with van der Waals surface area (Å²) in [5.74, 6) is -0.230. The lowest BCUT2D eigenvalue weighted by Gasteiger charge is -2.20. The molecule has 0 aliphatic rings. The number of nitrogens with one attached hydrogen (secondary N) is 2. The van der Waals surface area contributed by atoms with Crippen LogP contribution < -0.4 is 10.1 Å². The summed E-state index contributed by atoms with van der Waals surface area (Å²) in [7, 11) is 1.57. The van der Waals surface area contributed by atoms with Crippen LogP contribution in [0.1, 0.15) is 42.4 Å². The van der Waals surface area contributed by atoms with Crippen molar-refractivity contribution < 1.29 is 27.1 Å². The molecule has 0 saturated carbocycles. The van der Waals surface area contributed by atoms with Gasteiger partial charge in [0.1, 0.15) is 11.6 Å². The van der Waals surface area contributed by atoms with Gasteiger partial charge in [-0.3, -0.25) is 9.89 Å². The highest BCUT2D eigenvalue weighted by Crippen LogP contribution is 2.42. The van der Waals surface area contributed by atoms with Gasteiger partial charge in [-0.1, -0.05) is 41.9 Å². The first-order valence-electron chi connectivity index (χ1n) is 12.9. The van der Waals surface area contributed by atoms with Gasteiger partial charge in [-0.2, -0.15) is 18.3 Å². The lowest BCUT2D eigenvalue weighted by Crippen LogP contribution is -2.13. The third kappa shape index (κ3) is 8.20. The number of carbonyl (C=O) groups is 1. The van der Waals surface area contributed by atoms with Crippen LogP contribution in [-0.2, 0) is 4.79 Å². The molecule has 3 aromatic carbocycles. The number of amides is 1. The monoisotopic (exact) mass is 585 g/mol. The minimum Gasteiger partial charge on any atom is -0.494 e. The van der Waals surface area contributed by atoms with E-state index in [1.165, 1.54) is 12.1 Å². The highest BCUT2D eigenvalue weighted by molar-refractivity contribution is 6.32. The Morgan fingerprint density at radius 2 is 1.80 bits per heavy atom. The summed E-state index contributed by atoms with van der Waals surface area (Å²) in [5, 5.41) is 9.98. The van der Waals surface area contributed by atoms with Crippen molar-refractivity contribution >= 4 is 39.6 Å². The quantitative estimate of drug-likeness (QED) is 0.0808. The number of fused-ring (bicyclic) bond motifs is 1. The van der Waals surface area contributed by atoms with Crippen LogP contribution in [0.2, 0.25) is 5.02 Å². The number of H-pyrrole nitrogens is 1. The molecule has 0 fully saturated rings. The number of halogens is 5. The maximum absolute atomic E-state index is 14.0. The fourth-order valence-electron chi connectivity index (χ4n) is 4.41. The Morgan fingerprint density at radius 3 is 2.51 bits per heavy atom.